The molecular weight excluding hydrogens is 534 g/mol. The molecule has 0 unspecified atom stereocenters. The molecule has 0 aliphatic carbocycles. The first kappa shape index (κ1) is 24.5. The van der Waals surface area contributed by atoms with Gasteiger partial charge in [0.1, 0.15) is 5.82 Å². The summed E-state index contributed by atoms with van der Waals surface area (Å²) in [5, 5.41) is 0. The van der Waals surface area contributed by atoms with Gasteiger partial charge in [0.25, 0.3) is 0 Å². The molecular formula is C32H28BrN5. The third-order valence-electron chi connectivity index (χ3n) is 6.98. The van der Waals surface area contributed by atoms with Crippen LogP contribution in [0.3, 0.4) is 0 Å². The highest BCUT2D eigenvalue weighted by molar-refractivity contribution is 9.10. The highest BCUT2D eigenvalue weighted by Crippen LogP contribution is 2.32. The van der Waals surface area contributed by atoms with E-state index in [0.717, 1.165) is 59.1 Å². The lowest BCUT2D eigenvalue weighted by atomic mass is 9.96. The lowest BCUT2D eigenvalue weighted by Crippen LogP contribution is -2.48. The van der Waals surface area contributed by atoms with Crippen LogP contribution in [0.1, 0.15) is 17.2 Å². The highest BCUT2D eigenvalue weighted by Gasteiger charge is 2.27. The Morgan fingerprint density at radius 3 is 1.84 bits per heavy atom. The number of benzene rings is 3. The van der Waals surface area contributed by atoms with Crippen LogP contribution in [0.5, 0.6) is 0 Å². The third kappa shape index (κ3) is 5.37. The Labute approximate surface area is 232 Å². The number of hydrogen-bond donors (Lipinski definition) is 0. The van der Waals surface area contributed by atoms with Crippen LogP contribution in [-0.4, -0.2) is 46.0 Å². The Bertz CT molecular complexity index is 1450. The van der Waals surface area contributed by atoms with Crippen molar-refractivity contribution in [1.29, 1.82) is 0 Å². The van der Waals surface area contributed by atoms with Crippen molar-refractivity contribution in [3.05, 3.63) is 131 Å². The molecule has 6 heteroatoms. The van der Waals surface area contributed by atoms with Crippen molar-refractivity contribution in [2.24, 2.45) is 0 Å². The van der Waals surface area contributed by atoms with Crippen molar-refractivity contribution >= 4 is 21.7 Å². The van der Waals surface area contributed by atoms with Crippen molar-refractivity contribution < 1.29 is 0 Å². The zero-order chi connectivity index (χ0) is 25.7. The molecule has 0 spiro atoms. The number of nitrogens with zero attached hydrogens (tertiary/aromatic N) is 5. The molecule has 0 bridgehead atoms. The van der Waals surface area contributed by atoms with E-state index in [1.807, 2.05) is 24.4 Å². The molecule has 0 radical (unpaired) electrons. The normalized spacial score (nSPS) is 14.1. The first-order valence-corrected chi connectivity index (χ1v) is 13.7. The molecule has 1 fully saturated rings. The number of aromatic nitrogens is 3. The summed E-state index contributed by atoms with van der Waals surface area (Å²) in [5.41, 5.74) is 5.49. The monoisotopic (exact) mass is 561 g/mol. The van der Waals surface area contributed by atoms with Crippen LogP contribution >= 0.6 is 15.9 Å². The molecule has 6 rings (SSSR count). The van der Waals surface area contributed by atoms with Gasteiger partial charge in [0.2, 0.25) is 0 Å². The molecule has 1 aliphatic rings. The van der Waals surface area contributed by atoms with Gasteiger partial charge < -0.3 is 4.90 Å². The molecule has 0 amide bonds. The second-order valence-corrected chi connectivity index (χ2v) is 10.4. The molecule has 0 N–H and O–H groups in total. The van der Waals surface area contributed by atoms with Gasteiger partial charge in [-0.2, -0.15) is 0 Å². The average Bonchev–Trinajstić information content (AvgIpc) is 2.99. The molecule has 38 heavy (non-hydrogen) atoms. The van der Waals surface area contributed by atoms with E-state index in [9.17, 15) is 0 Å². The van der Waals surface area contributed by atoms with E-state index >= 15 is 0 Å². The minimum Gasteiger partial charge on any atom is -0.354 e. The summed E-state index contributed by atoms with van der Waals surface area (Å²) in [4.78, 5) is 19.3. The molecule has 188 valence electrons. The van der Waals surface area contributed by atoms with E-state index in [0.29, 0.717) is 0 Å². The lowest BCUT2D eigenvalue weighted by molar-refractivity contribution is 0.212. The molecule has 5 nitrogen and oxygen atoms in total. The maximum atomic E-state index is 5.03. The molecule has 1 saturated heterocycles. The van der Waals surface area contributed by atoms with Crippen LogP contribution in [0.4, 0.5) is 5.82 Å². The topological polar surface area (TPSA) is 45.2 Å². The van der Waals surface area contributed by atoms with Crippen molar-refractivity contribution in [2.45, 2.75) is 6.04 Å². The van der Waals surface area contributed by atoms with Gasteiger partial charge in [-0.3, -0.25) is 9.88 Å². The molecule has 2 aromatic heterocycles. The molecule has 0 saturated carbocycles. The Morgan fingerprint density at radius 2 is 1.24 bits per heavy atom. The Hall–Kier alpha value is -3.87. The second kappa shape index (κ2) is 11.3. The van der Waals surface area contributed by atoms with Gasteiger partial charge in [0.15, 0.2) is 5.82 Å². The summed E-state index contributed by atoms with van der Waals surface area (Å²) in [6, 6.07) is 36.2. The van der Waals surface area contributed by atoms with Gasteiger partial charge in [-0.1, -0.05) is 91.0 Å². The zero-order valence-corrected chi connectivity index (χ0v) is 22.6. The summed E-state index contributed by atoms with van der Waals surface area (Å²) in [7, 11) is 0. The fraction of sp³-hybridized carbons (Fsp3) is 0.156. The summed E-state index contributed by atoms with van der Waals surface area (Å²) in [6.45, 7) is 3.65. The van der Waals surface area contributed by atoms with E-state index in [1.54, 1.807) is 6.20 Å². The summed E-state index contributed by atoms with van der Waals surface area (Å²) in [5.74, 6) is 1.68. The van der Waals surface area contributed by atoms with E-state index < -0.39 is 0 Å². The van der Waals surface area contributed by atoms with Crippen molar-refractivity contribution in [3.63, 3.8) is 0 Å². The molecule has 5 aromatic rings. The van der Waals surface area contributed by atoms with Crippen molar-refractivity contribution in [1.82, 2.24) is 19.9 Å². The number of halogens is 1. The van der Waals surface area contributed by atoms with E-state index in [-0.39, 0.29) is 6.04 Å². The first-order valence-electron chi connectivity index (χ1n) is 12.9. The maximum Gasteiger partial charge on any atom is 0.162 e. The van der Waals surface area contributed by atoms with E-state index in [1.165, 1.54) is 11.1 Å². The second-order valence-electron chi connectivity index (χ2n) is 9.44. The average molecular weight is 563 g/mol. The standard InChI is InChI=1S/C32H28BrN5/c33-28-20-27(22-34-23-28)29-21-30(36-32(35-29)26-14-8-3-9-15-26)37-16-18-38(19-17-37)31(24-10-4-1-5-11-24)25-12-6-2-7-13-25/h1-15,20-23,31H,16-19H2. The van der Waals surface area contributed by atoms with Gasteiger partial charge in [-0.15, -0.1) is 0 Å². The van der Waals surface area contributed by atoms with Crippen LogP contribution in [0.25, 0.3) is 22.6 Å². The Morgan fingerprint density at radius 1 is 0.632 bits per heavy atom. The van der Waals surface area contributed by atoms with Gasteiger partial charge in [0, 0.05) is 60.2 Å². The number of piperazine rings is 1. The number of hydrogen-bond acceptors (Lipinski definition) is 5. The van der Waals surface area contributed by atoms with Crippen LogP contribution < -0.4 is 4.90 Å². The maximum absolute atomic E-state index is 5.03. The molecule has 1 aliphatic heterocycles. The fourth-order valence-electron chi connectivity index (χ4n) is 5.11. The van der Waals surface area contributed by atoms with Gasteiger partial charge >= 0.3 is 0 Å². The van der Waals surface area contributed by atoms with E-state index in [2.05, 4.69) is 116 Å². The van der Waals surface area contributed by atoms with E-state index in [4.69, 9.17) is 9.97 Å². The highest BCUT2D eigenvalue weighted by atomic mass is 79.9. The minimum absolute atomic E-state index is 0.230. The molecule has 3 heterocycles. The quantitative estimate of drug-likeness (QED) is 0.226. The van der Waals surface area contributed by atoms with Gasteiger partial charge in [-0.25, -0.2) is 9.97 Å². The first-order chi connectivity index (χ1) is 18.7. The number of rotatable bonds is 6. The Balaban J connectivity index is 1.30. The SMILES string of the molecule is Brc1cncc(-c2cc(N3CCN(C(c4ccccc4)c4ccccc4)CC3)nc(-c3ccccc3)n2)c1. The number of anilines is 1. The largest absolute Gasteiger partial charge is 0.354 e. The van der Waals surface area contributed by atoms with Gasteiger partial charge in [0.05, 0.1) is 11.7 Å². The van der Waals surface area contributed by atoms with Crippen LogP contribution in [0.2, 0.25) is 0 Å². The zero-order valence-electron chi connectivity index (χ0n) is 21.0. The van der Waals surface area contributed by atoms with Gasteiger partial charge in [-0.05, 0) is 33.1 Å². The predicted molar refractivity (Wildman–Crippen MR) is 157 cm³/mol. The lowest BCUT2D eigenvalue weighted by Gasteiger charge is -2.40. The predicted octanol–water partition coefficient (Wildman–Crippen LogP) is 6.88. The summed E-state index contributed by atoms with van der Waals surface area (Å²) >= 11 is 3.55. The van der Waals surface area contributed by atoms with Crippen LogP contribution in [-0.2, 0) is 0 Å². The summed E-state index contributed by atoms with van der Waals surface area (Å²) < 4.78 is 0.929. The van der Waals surface area contributed by atoms with Crippen LogP contribution in [0.15, 0.2) is 120 Å². The minimum atomic E-state index is 0.230. The van der Waals surface area contributed by atoms with Crippen molar-refractivity contribution in [3.8, 4) is 22.6 Å². The van der Waals surface area contributed by atoms with Crippen molar-refractivity contribution in [2.75, 3.05) is 31.1 Å². The molecule has 3 aromatic carbocycles. The third-order valence-corrected chi connectivity index (χ3v) is 7.41. The number of pyridine rings is 1. The fourth-order valence-corrected chi connectivity index (χ4v) is 5.47. The summed E-state index contributed by atoms with van der Waals surface area (Å²) in [6.07, 6.45) is 3.65. The Kier molecular flexibility index (Phi) is 7.25. The smallest absolute Gasteiger partial charge is 0.162 e. The molecule has 0 atom stereocenters. The van der Waals surface area contributed by atoms with Crippen LogP contribution in [0, 0.1) is 0 Å².